The Morgan fingerprint density at radius 3 is 2.75 bits per heavy atom. The number of fused-ring (bicyclic) bond motifs is 1. The fourth-order valence-corrected chi connectivity index (χ4v) is 3.55. The van der Waals surface area contributed by atoms with Crippen molar-refractivity contribution in [2.75, 3.05) is 19.8 Å². The van der Waals surface area contributed by atoms with Gasteiger partial charge in [-0.2, -0.15) is 0 Å². The third-order valence-electron chi connectivity index (χ3n) is 5.05. The fraction of sp³-hybridized carbons (Fsp3) is 0.556. The first kappa shape index (κ1) is 15.4. The second-order valence-electron chi connectivity index (χ2n) is 6.61. The molecular formula is C18H24N4O2. The third kappa shape index (κ3) is 2.86. The molecule has 6 heteroatoms. The smallest absolute Gasteiger partial charge is 0.161 e. The predicted octanol–water partition coefficient (Wildman–Crippen LogP) is 2.62. The van der Waals surface area contributed by atoms with Gasteiger partial charge in [0.1, 0.15) is 11.6 Å². The topological polar surface area (TPSA) is 52.4 Å². The molecule has 3 heterocycles. The summed E-state index contributed by atoms with van der Waals surface area (Å²) in [6, 6.07) is 6.79. The van der Waals surface area contributed by atoms with Crippen molar-refractivity contribution in [2.24, 2.45) is 7.05 Å². The number of aromatic nitrogens is 3. The van der Waals surface area contributed by atoms with Gasteiger partial charge in [0.2, 0.25) is 0 Å². The number of benzene rings is 1. The van der Waals surface area contributed by atoms with Gasteiger partial charge in [-0.3, -0.25) is 4.90 Å². The molecule has 0 N–H and O–H groups in total. The minimum atomic E-state index is 0.402. The number of hydrogen-bond donors (Lipinski definition) is 0. The zero-order valence-corrected chi connectivity index (χ0v) is 14.4. The molecule has 0 saturated carbocycles. The molecule has 1 fully saturated rings. The van der Waals surface area contributed by atoms with Crippen LogP contribution in [0.3, 0.4) is 0 Å². The molecule has 2 aliphatic rings. The van der Waals surface area contributed by atoms with Crippen molar-refractivity contribution >= 4 is 0 Å². The van der Waals surface area contributed by atoms with Crippen molar-refractivity contribution in [1.82, 2.24) is 19.7 Å². The second-order valence-corrected chi connectivity index (χ2v) is 6.61. The van der Waals surface area contributed by atoms with E-state index in [2.05, 4.69) is 37.9 Å². The van der Waals surface area contributed by atoms with Crippen LogP contribution in [-0.2, 0) is 13.6 Å². The second kappa shape index (κ2) is 6.43. The molecule has 24 heavy (non-hydrogen) atoms. The van der Waals surface area contributed by atoms with Crippen LogP contribution in [0.1, 0.15) is 42.5 Å². The van der Waals surface area contributed by atoms with Crippen LogP contribution in [0.15, 0.2) is 18.2 Å². The summed E-state index contributed by atoms with van der Waals surface area (Å²) in [6.45, 7) is 5.36. The molecule has 0 amide bonds. The Balaban J connectivity index is 1.56. The van der Waals surface area contributed by atoms with E-state index < -0.39 is 0 Å². The van der Waals surface area contributed by atoms with E-state index in [-0.39, 0.29) is 0 Å². The maximum Gasteiger partial charge on any atom is 0.161 e. The van der Waals surface area contributed by atoms with E-state index in [4.69, 9.17) is 9.47 Å². The first-order chi connectivity index (χ1) is 11.7. The fourth-order valence-electron chi connectivity index (χ4n) is 3.55. The lowest BCUT2D eigenvalue weighted by atomic mass is 10.0. The molecule has 1 saturated heterocycles. The number of likely N-dealkylation sites (tertiary alicyclic amines) is 1. The van der Waals surface area contributed by atoms with Crippen molar-refractivity contribution < 1.29 is 9.47 Å². The summed E-state index contributed by atoms with van der Waals surface area (Å²) in [7, 11) is 2.03. The highest BCUT2D eigenvalue weighted by molar-refractivity contribution is 5.44. The van der Waals surface area contributed by atoms with E-state index in [1.807, 2.05) is 14.0 Å². The summed E-state index contributed by atoms with van der Waals surface area (Å²) < 4.78 is 13.7. The molecule has 6 nitrogen and oxygen atoms in total. The first-order valence-corrected chi connectivity index (χ1v) is 8.71. The minimum Gasteiger partial charge on any atom is -0.490 e. The Labute approximate surface area is 142 Å². The Bertz CT molecular complexity index is 728. The number of aryl methyl sites for hydroxylation is 1. The molecule has 1 aromatic carbocycles. The van der Waals surface area contributed by atoms with Gasteiger partial charge >= 0.3 is 0 Å². The lowest BCUT2D eigenvalue weighted by molar-refractivity contribution is 0.238. The van der Waals surface area contributed by atoms with Gasteiger partial charge in [0.15, 0.2) is 11.5 Å². The molecule has 2 aliphatic heterocycles. The van der Waals surface area contributed by atoms with E-state index in [0.717, 1.165) is 62.3 Å². The van der Waals surface area contributed by atoms with Crippen LogP contribution in [0.5, 0.6) is 11.5 Å². The summed E-state index contributed by atoms with van der Waals surface area (Å²) in [4.78, 5) is 2.49. The van der Waals surface area contributed by atoms with Crippen LogP contribution < -0.4 is 9.47 Å². The molecule has 0 spiro atoms. The van der Waals surface area contributed by atoms with Gasteiger partial charge in [0, 0.05) is 19.5 Å². The Morgan fingerprint density at radius 2 is 1.96 bits per heavy atom. The van der Waals surface area contributed by atoms with E-state index in [9.17, 15) is 0 Å². The van der Waals surface area contributed by atoms with Gasteiger partial charge in [-0.05, 0) is 44.0 Å². The highest BCUT2D eigenvalue weighted by atomic mass is 16.5. The van der Waals surface area contributed by atoms with Crippen molar-refractivity contribution in [3.63, 3.8) is 0 Å². The quantitative estimate of drug-likeness (QED) is 0.867. The summed E-state index contributed by atoms with van der Waals surface area (Å²) in [5, 5.41) is 8.49. The normalized spacial score (nSPS) is 21.0. The molecule has 4 rings (SSSR count). The molecule has 128 valence electrons. The van der Waals surface area contributed by atoms with Gasteiger partial charge < -0.3 is 14.0 Å². The lowest BCUT2D eigenvalue weighted by Crippen LogP contribution is -2.24. The van der Waals surface area contributed by atoms with Crippen LogP contribution in [0, 0.1) is 6.92 Å². The average Bonchev–Trinajstić information content (AvgIpc) is 3.08. The number of rotatable bonds is 3. The Morgan fingerprint density at radius 1 is 1.12 bits per heavy atom. The molecule has 0 radical (unpaired) electrons. The first-order valence-electron chi connectivity index (χ1n) is 8.71. The van der Waals surface area contributed by atoms with Gasteiger partial charge in [-0.1, -0.05) is 6.07 Å². The highest BCUT2D eigenvalue weighted by Crippen LogP contribution is 2.38. The van der Waals surface area contributed by atoms with Crippen LogP contribution in [-0.4, -0.2) is 39.4 Å². The number of nitrogens with zero attached hydrogens (tertiary/aromatic N) is 4. The SMILES string of the molecule is Cc1nnc(CN2CCC[C@@H]2c2ccc3c(c2)OCCCO3)n1C. The largest absolute Gasteiger partial charge is 0.490 e. The van der Waals surface area contributed by atoms with Gasteiger partial charge in [0.25, 0.3) is 0 Å². The van der Waals surface area contributed by atoms with Crippen LogP contribution in [0.25, 0.3) is 0 Å². The van der Waals surface area contributed by atoms with Crippen LogP contribution in [0.2, 0.25) is 0 Å². The highest BCUT2D eigenvalue weighted by Gasteiger charge is 2.28. The average molecular weight is 328 g/mol. The van der Waals surface area contributed by atoms with Crippen LogP contribution in [0.4, 0.5) is 0 Å². The molecule has 1 aromatic heterocycles. The standard InChI is InChI=1S/C18H24N4O2/c1-13-19-20-18(21(13)2)12-22-8-3-5-15(22)14-6-7-16-17(11-14)24-10-4-9-23-16/h6-7,11,15H,3-5,8-10,12H2,1-2H3/t15-/m1/s1. The maximum atomic E-state index is 5.85. The summed E-state index contributed by atoms with van der Waals surface area (Å²) in [6.07, 6.45) is 3.30. The monoisotopic (exact) mass is 328 g/mol. The van der Waals surface area contributed by atoms with Crippen molar-refractivity contribution in [3.05, 3.63) is 35.4 Å². The van der Waals surface area contributed by atoms with Gasteiger partial charge in [-0.25, -0.2) is 0 Å². The Kier molecular flexibility index (Phi) is 4.14. The van der Waals surface area contributed by atoms with Gasteiger partial charge in [-0.15, -0.1) is 10.2 Å². The third-order valence-corrected chi connectivity index (χ3v) is 5.05. The van der Waals surface area contributed by atoms with Crippen molar-refractivity contribution in [2.45, 2.75) is 38.8 Å². The molecule has 2 aromatic rings. The molecule has 0 unspecified atom stereocenters. The number of ether oxygens (including phenoxy) is 2. The summed E-state index contributed by atoms with van der Waals surface area (Å²) in [5.74, 6) is 3.72. The van der Waals surface area contributed by atoms with Crippen LogP contribution >= 0.6 is 0 Å². The zero-order chi connectivity index (χ0) is 16.5. The molecular weight excluding hydrogens is 304 g/mol. The Hall–Kier alpha value is -2.08. The van der Waals surface area contributed by atoms with E-state index in [0.29, 0.717) is 6.04 Å². The number of hydrogen-bond acceptors (Lipinski definition) is 5. The lowest BCUT2D eigenvalue weighted by Gasteiger charge is -2.25. The van der Waals surface area contributed by atoms with Gasteiger partial charge in [0.05, 0.1) is 19.8 Å². The van der Waals surface area contributed by atoms with E-state index >= 15 is 0 Å². The summed E-state index contributed by atoms with van der Waals surface area (Å²) in [5.41, 5.74) is 1.30. The van der Waals surface area contributed by atoms with E-state index in [1.54, 1.807) is 0 Å². The molecule has 1 atom stereocenters. The molecule has 0 bridgehead atoms. The minimum absolute atomic E-state index is 0.402. The van der Waals surface area contributed by atoms with E-state index in [1.165, 1.54) is 12.0 Å². The van der Waals surface area contributed by atoms with Crippen molar-refractivity contribution in [3.8, 4) is 11.5 Å². The zero-order valence-electron chi connectivity index (χ0n) is 14.4. The molecule has 0 aliphatic carbocycles. The maximum absolute atomic E-state index is 5.85. The summed E-state index contributed by atoms with van der Waals surface area (Å²) >= 11 is 0. The predicted molar refractivity (Wildman–Crippen MR) is 90.2 cm³/mol. The van der Waals surface area contributed by atoms with Crippen molar-refractivity contribution in [1.29, 1.82) is 0 Å².